The summed E-state index contributed by atoms with van der Waals surface area (Å²) in [6.45, 7) is 4.73. The van der Waals surface area contributed by atoms with E-state index >= 15 is 0 Å². The number of nitrogens with zero attached hydrogens (tertiary/aromatic N) is 2. The summed E-state index contributed by atoms with van der Waals surface area (Å²) in [6, 6.07) is 1.90. The first-order chi connectivity index (χ1) is 9.13. The number of halogens is 1. The van der Waals surface area contributed by atoms with Crippen molar-refractivity contribution in [2.24, 2.45) is 0 Å². The molecule has 1 N–H and O–H groups in total. The van der Waals surface area contributed by atoms with Gasteiger partial charge in [-0.3, -0.25) is 9.69 Å². The number of rotatable bonds is 2. The van der Waals surface area contributed by atoms with Gasteiger partial charge in [-0.05, 0) is 24.8 Å². The molecule has 0 bridgehead atoms. The zero-order valence-electron chi connectivity index (χ0n) is 10.6. The predicted molar refractivity (Wildman–Crippen MR) is 81.8 cm³/mol. The summed E-state index contributed by atoms with van der Waals surface area (Å²) in [5.74, 6) is 0.746. The highest BCUT2D eigenvalue weighted by atomic mass is 79.9. The van der Waals surface area contributed by atoms with Crippen molar-refractivity contribution < 1.29 is 0 Å². The molecule has 0 fully saturated rings. The molecule has 0 saturated carbocycles. The average molecular weight is 340 g/mol. The van der Waals surface area contributed by atoms with Crippen LogP contribution in [0.1, 0.15) is 19.2 Å². The number of nitrogens with one attached hydrogen (secondary N) is 1. The minimum Gasteiger partial charge on any atom is -0.308 e. The highest BCUT2D eigenvalue weighted by molar-refractivity contribution is 9.11. The van der Waals surface area contributed by atoms with Crippen LogP contribution in [0.5, 0.6) is 0 Å². The van der Waals surface area contributed by atoms with E-state index in [2.05, 4.69) is 37.7 Å². The van der Waals surface area contributed by atoms with E-state index in [0.717, 1.165) is 30.9 Å². The first kappa shape index (κ1) is 13.0. The Kier molecular flexibility index (Phi) is 3.56. The SMILES string of the molecule is CC1=C(Br)CN(Cc2nc3ccsc3c(=O)[nH]2)CC1. The van der Waals surface area contributed by atoms with Gasteiger partial charge in [0, 0.05) is 17.6 Å². The molecule has 1 aliphatic rings. The summed E-state index contributed by atoms with van der Waals surface area (Å²) in [5, 5.41) is 1.90. The summed E-state index contributed by atoms with van der Waals surface area (Å²) in [5.41, 5.74) is 2.18. The Balaban J connectivity index is 1.84. The second-order valence-electron chi connectivity index (χ2n) is 4.79. The van der Waals surface area contributed by atoms with Gasteiger partial charge in [0.2, 0.25) is 0 Å². The van der Waals surface area contributed by atoms with Crippen molar-refractivity contribution in [2.75, 3.05) is 13.1 Å². The molecular weight excluding hydrogens is 326 g/mol. The maximum absolute atomic E-state index is 11.9. The lowest BCUT2D eigenvalue weighted by Gasteiger charge is -2.27. The normalized spacial score (nSPS) is 17.4. The molecule has 0 aliphatic carbocycles. The summed E-state index contributed by atoms with van der Waals surface area (Å²) in [4.78, 5) is 21.6. The number of hydrogen-bond donors (Lipinski definition) is 1. The Morgan fingerprint density at radius 1 is 1.58 bits per heavy atom. The average Bonchev–Trinajstić information content (AvgIpc) is 2.82. The van der Waals surface area contributed by atoms with E-state index in [0.29, 0.717) is 11.2 Å². The van der Waals surface area contributed by atoms with Gasteiger partial charge in [0.1, 0.15) is 10.5 Å². The van der Waals surface area contributed by atoms with E-state index in [1.54, 1.807) is 0 Å². The first-order valence-corrected chi connectivity index (χ1v) is 7.83. The highest BCUT2D eigenvalue weighted by Crippen LogP contribution is 2.23. The second kappa shape index (κ2) is 5.19. The number of H-pyrrole nitrogens is 1. The van der Waals surface area contributed by atoms with Crippen LogP contribution < -0.4 is 5.56 Å². The van der Waals surface area contributed by atoms with Crippen LogP contribution in [0.2, 0.25) is 0 Å². The van der Waals surface area contributed by atoms with Gasteiger partial charge in [-0.2, -0.15) is 0 Å². The third-order valence-electron chi connectivity index (χ3n) is 3.37. The van der Waals surface area contributed by atoms with Crippen LogP contribution in [0.4, 0.5) is 0 Å². The molecule has 100 valence electrons. The Labute approximate surface area is 123 Å². The van der Waals surface area contributed by atoms with Crippen molar-refractivity contribution in [1.29, 1.82) is 0 Å². The number of aromatic nitrogens is 2. The molecule has 6 heteroatoms. The number of thiophene rings is 1. The van der Waals surface area contributed by atoms with Crippen LogP contribution in [-0.2, 0) is 6.54 Å². The van der Waals surface area contributed by atoms with Crippen LogP contribution in [0.25, 0.3) is 10.2 Å². The Morgan fingerprint density at radius 2 is 2.42 bits per heavy atom. The molecule has 0 aromatic carbocycles. The van der Waals surface area contributed by atoms with Crippen LogP contribution in [0.15, 0.2) is 26.3 Å². The van der Waals surface area contributed by atoms with Crippen LogP contribution >= 0.6 is 27.3 Å². The molecule has 19 heavy (non-hydrogen) atoms. The Bertz CT molecular complexity index is 703. The topological polar surface area (TPSA) is 49.0 Å². The molecule has 0 spiro atoms. The summed E-state index contributed by atoms with van der Waals surface area (Å²) in [7, 11) is 0. The fraction of sp³-hybridized carbons (Fsp3) is 0.385. The summed E-state index contributed by atoms with van der Waals surface area (Å²) in [6.07, 6.45) is 1.06. The van der Waals surface area contributed by atoms with E-state index < -0.39 is 0 Å². The number of aromatic amines is 1. The zero-order chi connectivity index (χ0) is 13.4. The van der Waals surface area contributed by atoms with Crippen LogP contribution in [0, 0.1) is 0 Å². The van der Waals surface area contributed by atoms with Crippen molar-refractivity contribution in [3.05, 3.63) is 37.7 Å². The smallest absolute Gasteiger partial charge is 0.268 e. The molecule has 1 aliphatic heterocycles. The molecule has 3 heterocycles. The number of fused-ring (bicyclic) bond motifs is 1. The molecule has 0 atom stereocenters. The van der Waals surface area contributed by atoms with Crippen molar-refractivity contribution in [3.63, 3.8) is 0 Å². The molecular formula is C13H14BrN3OS. The van der Waals surface area contributed by atoms with Crippen molar-refractivity contribution >= 4 is 37.5 Å². The van der Waals surface area contributed by atoms with E-state index in [4.69, 9.17) is 0 Å². The number of hydrogen-bond acceptors (Lipinski definition) is 4. The molecule has 0 amide bonds. The van der Waals surface area contributed by atoms with Crippen LogP contribution in [0.3, 0.4) is 0 Å². The molecule has 4 nitrogen and oxygen atoms in total. The van der Waals surface area contributed by atoms with Gasteiger partial charge >= 0.3 is 0 Å². The second-order valence-corrected chi connectivity index (χ2v) is 6.67. The van der Waals surface area contributed by atoms with Gasteiger partial charge < -0.3 is 4.98 Å². The van der Waals surface area contributed by atoms with Crippen molar-refractivity contribution in [3.8, 4) is 0 Å². The third-order valence-corrected chi connectivity index (χ3v) is 5.20. The monoisotopic (exact) mass is 339 g/mol. The van der Waals surface area contributed by atoms with E-state index in [1.807, 2.05) is 11.4 Å². The van der Waals surface area contributed by atoms with E-state index in [-0.39, 0.29) is 5.56 Å². The molecule has 0 radical (unpaired) electrons. The maximum Gasteiger partial charge on any atom is 0.268 e. The molecule has 3 rings (SSSR count). The molecule has 0 unspecified atom stereocenters. The fourth-order valence-corrected chi connectivity index (χ4v) is 3.49. The molecule has 2 aromatic rings. The summed E-state index contributed by atoms with van der Waals surface area (Å²) >= 11 is 5.04. The minimum absolute atomic E-state index is 0.0298. The third kappa shape index (κ3) is 2.66. The molecule has 0 saturated heterocycles. The van der Waals surface area contributed by atoms with E-state index in [1.165, 1.54) is 21.4 Å². The quantitative estimate of drug-likeness (QED) is 0.915. The van der Waals surface area contributed by atoms with Gasteiger partial charge in [-0.25, -0.2) is 4.98 Å². The largest absolute Gasteiger partial charge is 0.308 e. The van der Waals surface area contributed by atoms with Gasteiger partial charge in [0.15, 0.2) is 0 Å². The fourth-order valence-electron chi connectivity index (χ4n) is 2.22. The van der Waals surface area contributed by atoms with E-state index in [9.17, 15) is 4.79 Å². The van der Waals surface area contributed by atoms with Crippen LogP contribution in [-0.4, -0.2) is 28.0 Å². The zero-order valence-corrected chi connectivity index (χ0v) is 13.0. The minimum atomic E-state index is -0.0298. The van der Waals surface area contributed by atoms with Gasteiger partial charge in [0.05, 0.1) is 12.1 Å². The standard InChI is InChI=1S/C13H14BrN3OS/c1-8-2-4-17(6-9(8)14)7-11-15-10-3-5-19-12(10)13(18)16-11/h3,5H,2,4,6-7H2,1H3,(H,15,16,18). The van der Waals surface area contributed by atoms with Crippen molar-refractivity contribution in [1.82, 2.24) is 14.9 Å². The lowest BCUT2D eigenvalue weighted by Crippen LogP contribution is -2.31. The highest BCUT2D eigenvalue weighted by Gasteiger charge is 2.16. The first-order valence-electron chi connectivity index (χ1n) is 6.16. The maximum atomic E-state index is 11.9. The molecule has 2 aromatic heterocycles. The predicted octanol–water partition coefficient (Wildman–Crippen LogP) is 2.86. The lowest BCUT2D eigenvalue weighted by atomic mass is 10.1. The summed E-state index contributed by atoms with van der Waals surface area (Å²) < 4.78 is 1.96. The Hall–Kier alpha value is -0.980. The lowest BCUT2D eigenvalue weighted by molar-refractivity contribution is 0.277. The van der Waals surface area contributed by atoms with Gasteiger partial charge in [-0.15, -0.1) is 11.3 Å². The van der Waals surface area contributed by atoms with Gasteiger partial charge in [-0.1, -0.05) is 21.5 Å². The Morgan fingerprint density at radius 3 is 3.21 bits per heavy atom. The van der Waals surface area contributed by atoms with Gasteiger partial charge in [0.25, 0.3) is 5.56 Å². The van der Waals surface area contributed by atoms with Crippen molar-refractivity contribution in [2.45, 2.75) is 19.9 Å².